The fourth-order valence-corrected chi connectivity index (χ4v) is 2.78. The van der Waals surface area contributed by atoms with Gasteiger partial charge in [-0.15, -0.1) is 11.3 Å². The van der Waals surface area contributed by atoms with Crippen LogP contribution in [-0.2, 0) is 0 Å². The van der Waals surface area contributed by atoms with Gasteiger partial charge in [-0.3, -0.25) is 4.79 Å². The second-order valence-corrected chi connectivity index (χ2v) is 6.18. The van der Waals surface area contributed by atoms with E-state index in [-0.39, 0.29) is 12.5 Å². The van der Waals surface area contributed by atoms with Gasteiger partial charge in [0.25, 0.3) is 5.91 Å². The first-order valence-corrected chi connectivity index (χ1v) is 7.21. The second-order valence-electron chi connectivity index (χ2n) is 4.02. The molecule has 0 aromatic carbocycles. The van der Waals surface area contributed by atoms with E-state index in [0.717, 1.165) is 4.88 Å². The van der Waals surface area contributed by atoms with Crippen LogP contribution in [0.1, 0.15) is 21.5 Å². The topological polar surface area (TPSA) is 49.3 Å². The molecule has 1 amide bonds. The normalized spacial score (nSPS) is 14.5. The van der Waals surface area contributed by atoms with E-state index in [4.69, 9.17) is 0 Å². The van der Waals surface area contributed by atoms with Crippen LogP contribution in [0.5, 0.6) is 0 Å². The fourth-order valence-electron chi connectivity index (χ4n) is 1.28. The number of aliphatic hydroxyl groups is 1. The molecule has 0 saturated heterocycles. The molecule has 1 atom stereocenters. The van der Waals surface area contributed by atoms with Gasteiger partial charge in [0.2, 0.25) is 0 Å². The molecule has 0 bridgehead atoms. The molecule has 16 heavy (non-hydrogen) atoms. The fraction of sp³-hybridized carbons (Fsp3) is 0.545. The molecular weight excluding hydrogens is 242 g/mol. The minimum absolute atomic E-state index is 0.112. The van der Waals surface area contributed by atoms with Gasteiger partial charge < -0.3 is 10.4 Å². The van der Waals surface area contributed by atoms with Gasteiger partial charge in [0, 0.05) is 17.2 Å². The molecule has 0 fully saturated rings. The monoisotopic (exact) mass is 259 g/mol. The molecule has 90 valence electrons. The summed E-state index contributed by atoms with van der Waals surface area (Å²) in [6.45, 7) is 3.97. The van der Waals surface area contributed by atoms with Gasteiger partial charge in [-0.1, -0.05) is 0 Å². The standard InChI is InChI=1S/C11H17NO2S2/c1-8-4-5-9(16-8)10(13)12-6-11(2,14)7-15-3/h4-5,14H,6-7H2,1-3H3,(H,12,13)/t11-/m0/s1. The first-order chi connectivity index (χ1) is 7.44. The number of thioether (sulfide) groups is 1. The molecule has 0 spiro atoms. The van der Waals surface area contributed by atoms with Crippen LogP contribution in [0, 0.1) is 6.92 Å². The molecule has 1 aromatic heterocycles. The Balaban J connectivity index is 2.47. The minimum atomic E-state index is -0.846. The average molecular weight is 259 g/mol. The predicted octanol–water partition coefficient (Wildman–Crippen LogP) is 1.90. The smallest absolute Gasteiger partial charge is 0.261 e. The summed E-state index contributed by atoms with van der Waals surface area (Å²) in [6.07, 6.45) is 1.93. The molecule has 5 heteroatoms. The number of hydrogen-bond acceptors (Lipinski definition) is 4. The van der Waals surface area contributed by atoms with Crippen LogP contribution in [0.2, 0.25) is 0 Å². The van der Waals surface area contributed by atoms with Gasteiger partial charge in [0.15, 0.2) is 0 Å². The predicted molar refractivity (Wildman–Crippen MR) is 70.4 cm³/mol. The van der Waals surface area contributed by atoms with E-state index < -0.39 is 5.60 Å². The number of carbonyl (C=O) groups excluding carboxylic acids is 1. The molecule has 0 unspecified atom stereocenters. The Labute approximate surface area is 104 Å². The molecular formula is C11H17NO2S2. The van der Waals surface area contributed by atoms with Crippen LogP contribution in [-0.4, -0.2) is 35.2 Å². The highest BCUT2D eigenvalue weighted by atomic mass is 32.2. The molecule has 1 aromatic rings. The van der Waals surface area contributed by atoms with Crippen LogP contribution >= 0.6 is 23.1 Å². The van der Waals surface area contributed by atoms with Crippen molar-refractivity contribution in [3.05, 3.63) is 21.9 Å². The number of thiophene rings is 1. The lowest BCUT2D eigenvalue weighted by molar-refractivity contribution is 0.0727. The molecule has 0 saturated carbocycles. The minimum Gasteiger partial charge on any atom is -0.387 e. The van der Waals surface area contributed by atoms with Gasteiger partial charge in [0.1, 0.15) is 0 Å². The zero-order valence-corrected chi connectivity index (χ0v) is 11.4. The van der Waals surface area contributed by atoms with E-state index in [9.17, 15) is 9.90 Å². The quantitative estimate of drug-likeness (QED) is 0.849. The molecule has 2 N–H and O–H groups in total. The van der Waals surface area contributed by atoms with E-state index in [1.54, 1.807) is 24.8 Å². The first-order valence-electron chi connectivity index (χ1n) is 5.00. The number of rotatable bonds is 5. The molecule has 0 aliphatic carbocycles. The van der Waals surface area contributed by atoms with Gasteiger partial charge in [0.05, 0.1) is 10.5 Å². The largest absolute Gasteiger partial charge is 0.387 e. The summed E-state index contributed by atoms with van der Waals surface area (Å²) in [6, 6.07) is 3.72. The number of amides is 1. The van der Waals surface area contributed by atoms with Gasteiger partial charge in [-0.05, 0) is 32.2 Å². The average Bonchev–Trinajstić information content (AvgIpc) is 2.61. The number of carbonyl (C=O) groups is 1. The van der Waals surface area contributed by atoms with Crippen molar-refractivity contribution in [3.63, 3.8) is 0 Å². The molecule has 0 aliphatic heterocycles. The van der Waals surface area contributed by atoms with Gasteiger partial charge in [-0.25, -0.2) is 0 Å². The summed E-state index contributed by atoms with van der Waals surface area (Å²) < 4.78 is 0. The Morgan fingerprint density at radius 1 is 1.62 bits per heavy atom. The van der Waals surface area contributed by atoms with Crippen molar-refractivity contribution < 1.29 is 9.90 Å². The zero-order chi connectivity index (χ0) is 12.2. The van der Waals surface area contributed by atoms with Crippen molar-refractivity contribution in [1.29, 1.82) is 0 Å². The maximum Gasteiger partial charge on any atom is 0.261 e. The molecule has 1 rings (SSSR count). The van der Waals surface area contributed by atoms with E-state index in [1.807, 2.05) is 19.2 Å². The lowest BCUT2D eigenvalue weighted by Crippen LogP contribution is -2.42. The highest BCUT2D eigenvalue weighted by Gasteiger charge is 2.21. The van der Waals surface area contributed by atoms with E-state index in [2.05, 4.69) is 5.32 Å². The Kier molecular flexibility index (Phi) is 4.83. The Morgan fingerprint density at radius 3 is 2.81 bits per heavy atom. The van der Waals surface area contributed by atoms with Crippen LogP contribution in [0.15, 0.2) is 12.1 Å². The maximum atomic E-state index is 11.7. The summed E-state index contributed by atoms with van der Waals surface area (Å²) in [7, 11) is 0. The van der Waals surface area contributed by atoms with Crippen molar-refractivity contribution in [2.75, 3.05) is 18.6 Å². The molecule has 0 aliphatic rings. The SMILES string of the molecule is CSC[C@@](C)(O)CNC(=O)c1ccc(C)s1. The third-order valence-electron chi connectivity index (χ3n) is 2.05. The van der Waals surface area contributed by atoms with Crippen LogP contribution in [0.4, 0.5) is 0 Å². The van der Waals surface area contributed by atoms with Crippen LogP contribution in [0.25, 0.3) is 0 Å². The lowest BCUT2D eigenvalue weighted by atomic mass is 10.1. The van der Waals surface area contributed by atoms with E-state index in [0.29, 0.717) is 10.6 Å². The van der Waals surface area contributed by atoms with Crippen molar-refractivity contribution in [2.24, 2.45) is 0 Å². The molecule has 0 radical (unpaired) electrons. The van der Waals surface area contributed by atoms with Gasteiger partial charge >= 0.3 is 0 Å². The molecule has 3 nitrogen and oxygen atoms in total. The van der Waals surface area contributed by atoms with Crippen molar-refractivity contribution in [3.8, 4) is 0 Å². The summed E-state index contributed by atoms with van der Waals surface area (Å²) in [5.74, 6) is 0.496. The van der Waals surface area contributed by atoms with E-state index in [1.165, 1.54) is 11.3 Å². The Morgan fingerprint density at radius 2 is 2.31 bits per heavy atom. The maximum absolute atomic E-state index is 11.7. The summed E-state index contributed by atoms with van der Waals surface area (Å²) in [5.41, 5.74) is -0.846. The summed E-state index contributed by atoms with van der Waals surface area (Å²) in [4.78, 5) is 13.5. The highest BCUT2D eigenvalue weighted by Crippen LogP contribution is 2.15. The third-order valence-corrected chi connectivity index (χ3v) is 3.96. The first kappa shape index (κ1) is 13.5. The van der Waals surface area contributed by atoms with Crippen molar-refractivity contribution in [1.82, 2.24) is 5.32 Å². The third kappa shape index (κ3) is 4.15. The van der Waals surface area contributed by atoms with Crippen molar-refractivity contribution >= 4 is 29.0 Å². The highest BCUT2D eigenvalue weighted by molar-refractivity contribution is 7.98. The number of hydrogen-bond donors (Lipinski definition) is 2. The van der Waals surface area contributed by atoms with E-state index >= 15 is 0 Å². The zero-order valence-electron chi connectivity index (χ0n) is 9.74. The molecule has 1 heterocycles. The number of nitrogens with one attached hydrogen (secondary N) is 1. The Bertz CT molecular complexity index is 361. The summed E-state index contributed by atoms with van der Waals surface area (Å²) in [5, 5.41) is 12.6. The summed E-state index contributed by atoms with van der Waals surface area (Å²) >= 11 is 3.02. The van der Waals surface area contributed by atoms with Crippen LogP contribution in [0.3, 0.4) is 0 Å². The lowest BCUT2D eigenvalue weighted by Gasteiger charge is -2.22. The second kappa shape index (κ2) is 5.70. The number of aryl methyl sites for hydroxylation is 1. The van der Waals surface area contributed by atoms with Gasteiger partial charge in [-0.2, -0.15) is 11.8 Å². The van der Waals surface area contributed by atoms with Crippen LogP contribution < -0.4 is 5.32 Å². The van der Waals surface area contributed by atoms with Crippen molar-refractivity contribution in [2.45, 2.75) is 19.4 Å². The Hall–Kier alpha value is -0.520.